The lowest BCUT2D eigenvalue weighted by Gasteiger charge is -2.24. The van der Waals surface area contributed by atoms with Crippen molar-refractivity contribution in [3.8, 4) is 11.5 Å². The molecule has 1 rings (SSSR count). The topological polar surface area (TPSA) is 98.5 Å². The molecule has 0 heterocycles. The van der Waals surface area contributed by atoms with E-state index < -0.39 is 13.7 Å². The van der Waals surface area contributed by atoms with Crippen molar-refractivity contribution in [1.82, 2.24) is 0 Å². The van der Waals surface area contributed by atoms with Crippen molar-refractivity contribution in [2.75, 3.05) is 42.2 Å². The van der Waals surface area contributed by atoms with E-state index in [4.69, 9.17) is 27.5 Å². The lowest BCUT2D eigenvalue weighted by Crippen LogP contribution is -2.42. The second-order valence-corrected chi connectivity index (χ2v) is 8.46. The van der Waals surface area contributed by atoms with Crippen molar-refractivity contribution in [3.05, 3.63) is 27.8 Å². The van der Waals surface area contributed by atoms with Gasteiger partial charge in [0, 0.05) is 34.0 Å². The van der Waals surface area contributed by atoms with Crippen LogP contribution in [0.25, 0.3) is 0 Å². The fourth-order valence-electron chi connectivity index (χ4n) is 2.55. The summed E-state index contributed by atoms with van der Waals surface area (Å²) >= 11 is 0. The molecule has 0 radical (unpaired) electrons. The van der Waals surface area contributed by atoms with E-state index in [2.05, 4.69) is 0 Å². The Kier molecular flexibility index (Phi) is 9.52. The Balaban J connectivity index is 2.59. The van der Waals surface area contributed by atoms with Crippen LogP contribution < -0.4 is 9.47 Å². The predicted molar refractivity (Wildman–Crippen MR) is 96.7 cm³/mol. The lowest BCUT2D eigenvalue weighted by molar-refractivity contribution is -0.386. The van der Waals surface area contributed by atoms with Gasteiger partial charge in [-0.05, 0) is 25.0 Å². The normalized spacial score (nSPS) is 11.4. The summed E-state index contributed by atoms with van der Waals surface area (Å²) in [6.45, 7) is 0.561. The molecule has 9 nitrogen and oxygen atoms in total. The molecule has 0 aliphatic heterocycles. The molecule has 1 aromatic rings. The summed E-state index contributed by atoms with van der Waals surface area (Å²) in [6.07, 6.45) is 1.56. The van der Waals surface area contributed by atoms with E-state index in [1.165, 1.54) is 14.2 Å². The maximum absolute atomic E-state index is 11.4. The van der Waals surface area contributed by atoms with Crippen molar-refractivity contribution in [2.45, 2.75) is 25.5 Å². The van der Waals surface area contributed by atoms with Crippen LogP contribution in [0.3, 0.4) is 0 Å². The van der Waals surface area contributed by atoms with Crippen LogP contribution in [0.5, 0.6) is 11.5 Å². The summed E-state index contributed by atoms with van der Waals surface area (Å²) < 4.78 is 31.9. The van der Waals surface area contributed by atoms with Crippen molar-refractivity contribution >= 4 is 14.5 Å². The van der Waals surface area contributed by atoms with Crippen LogP contribution in [0.2, 0.25) is 6.04 Å². The van der Waals surface area contributed by atoms with E-state index in [9.17, 15) is 10.1 Å². The highest BCUT2D eigenvalue weighted by molar-refractivity contribution is 6.60. The van der Waals surface area contributed by atoms with Crippen LogP contribution >= 0.6 is 0 Å². The SMILES string of the molecule is COc1ccc(COCCCC[Si](OC)(OC)OC)c([N+](=O)[O-])c1OC. The van der Waals surface area contributed by atoms with E-state index in [1.807, 2.05) is 0 Å². The van der Waals surface area contributed by atoms with E-state index in [0.29, 0.717) is 24.0 Å². The Morgan fingerprint density at radius 2 is 1.65 bits per heavy atom. The maximum Gasteiger partial charge on any atom is 0.500 e. The quantitative estimate of drug-likeness (QED) is 0.220. The molecule has 0 spiro atoms. The van der Waals surface area contributed by atoms with Crippen molar-refractivity contribution in [3.63, 3.8) is 0 Å². The third-order valence-electron chi connectivity index (χ3n) is 4.00. The zero-order chi connectivity index (χ0) is 19.6. The van der Waals surface area contributed by atoms with Gasteiger partial charge in [0.2, 0.25) is 5.75 Å². The molecule has 1 aromatic carbocycles. The van der Waals surface area contributed by atoms with E-state index >= 15 is 0 Å². The van der Waals surface area contributed by atoms with E-state index in [0.717, 1.165) is 12.8 Å². The van der Waals surface area contributed by atoms with E-state index in [1.54, 1.807) is 33.5 Å². The molecule has 0 N–H and O–H groups in total. The predicted octanol–water partition coefficient (Wildman–Crippen LogP) is 2.79. The Morgan fingerprint density at radius 3 is 2.15 bits per heavy atom. The highest BCUT2D eigenvalue weighted by Gasteiger charge is 2.36. The number of unbranched alkanes of at least 4 members (excludes halogenated alkanes) is 1. The molecule has 0 bridgehead atoms. The first-order chi connectivity index (χ1) is 12.5. The fraction of sp³-hybridized carbons (Fsp3) is 0.625. The van der Waals surface area contributed by atoms with Crippen LogP contribution in [0.4, 0.5) is 5.69 Å². The number of rotatable bonds is 13. The van der Waals surface area contributed by atoms with Gasteiger partial charge in [0.1, 0.15) is 0 Å². The summed E-state index contributed by atoms with van der Waals surface area (Å²) in [6, 6.07) is 3.91. The Hall–Kier alpha value is -1.72. The fourth-order valence-corrected chi connectivity index (χ4v) is 4.35. The van der Waals surface area contributed by atoms with Crippen molar-refractivity contribution in [1.29, 1.82) is 0 Å². The minimum absolute atomic E-state index is 0.0923. The number of hydrogen-bond donors (Lipinski definition) is 0. The minimum Gasteiger partial charge on any atom is -0.493 e. The third-order valence-corrected chi connectivity index (χ3v) is 6.83. The van der Waals surface area contributed by atoms with Crippen LogP contribution in [-0.4, -0.2) is 55.9 Å². The van der Waals surface area contributed by atoms with Gasteiger partial charge in [0.15, 0.2) is 5.75 Å². The van der Waals surface area contributed by atoms with Crippen molar-refractivity contribution in [2.24, 2.45) is 0 Å². The van der Waals surface area contributed by atoms with Gasteiger partial charge in [-0.25, -0.2) is 0 Å². The number of ether oxygens (including phenoxy) is 3. The molecular weight excluding hydrogens is 362 g/mol. The Labute approximate surface area is 154 Å². The van der Waals surface area contributed by atoms with Gasteiger partial charge < -0.3 is 27.5 Å². The molecular formula is C16H27NO8Si. The first-order valence-corrected chi connectivity index (χ1v) is 10.0. The third kappa shape index (κ3) is 5.64. The number of methoxy groups -OCH3 is 2. The molecule has 0 saturated heterocycles. The van der Waals surface area contributed by atoms with Gasteiger partial charge in [0.05, 0.1) is 31.3 Å². The molecule has 0 fully saturated rings. The van der Waals surface area contributed by atoms with Crippen LogP contribution in [0, 0.1) is 10.1 Å². The molecule has 0 saturated carbocycles. The molecule has 148 valence electrons. The summed E-state index contributed by atoms with van der Waals surface area (Å²) in [5.41, 5.74) is 0.290. The van der Waals surface area contributed by atoms with Gasteiger partial charge in [-0.1, -0.05) is 0 Å². The molecule has 0 atom stereocenters. The largest absolute Gasteiger partial charge is 0.500 e. The maximum atomic E-state index is 11.4. The van der Waals surface area contributed by atoms with E-state index in [-0.39, 0.29) is 18.0 Å². The van der Waals surface area contributed by atoms with Crippen LogP contribution in [0.15, 0.2) is 12.1 Å². The first-order valence-electron chi connectivity index (χ1n) is 8.10. The van der Waals surface area contributed by atoms with Gasteiger partial charge >= 0.3 is 14.5 Å². The highest BCUT2D eigenvalue weighted by Crippen LogP contribution is 2.39. The molecule has 0 aliphatic carbocycles. The Morgan fingerprint density at radius 1 is 1.00 bits per heavy atom. The Bertz CT molecular complexity index is 571. The zero-order valence-electron chi connectivity index (χ0n) is 15.9. The van der Waals surface area contributed by atoms with Crippen LogP contribution in [-0.2, 0) is 24.6 Å². The number of nitrogens with zero attached hydrogens (tertiary/aromatic N) is 1. The van der Waals surface area contributed by atoms with Gasteiger partial charge in [-0.2, -0.15) is 0 Å². The molecule has 0 aromatic heterocycles. The monoisotopic (exact) mass is 389 g/mol. The smallest absolute Gasteiger partial charge is 0.493 e. The van der Waals surface area contributed by atoms with Gasteiger partial charge in [0.25, 0.3) is 0 Å². The second-order valence-electron chi connectivity index (χ2n) is 5.37. The number of hydrogen-bond acceptors (Lipinski definition) is 8. The average molecular weight is 389 g/mol. The molecule has 10 heteroatoms. The molecule has 0 amide bonds. The molecule has 0 unspecified atom stereocenters. The zero-order valence-corrected chi connectivity index (χ0v) is 16.9. The summed E-state index contributed by atoms with van der Waals surface area (Å²) in [4.78, 5) is 10.9. The summed E-state index contributed by atoms with van der Waals surface area (Å²) in [7, 11) is 4.96. The number of nitro groups is 1. The molecule has 26 heavy (non-hydrogen) atoms. The van der Waals surface area contributed by atoms with Crippen LogP contribution in [0.1, 0.15) is 18.4 Å². The average Bonchev–Trinajstić information content (AvgIpc) is 2.67. The summed E-state index contributed by atoms with van der Waals surface area (Å²) in [5.74, 6) is 0.401. The summed E-state index contributed by atoms with van der Waals surface area (Å²) in [5, 5.41) is 11.4. The van der Waals surface area contributed by atoms with Gasteiger partial charge in [-0.3, -0.25) is 10.1 Å². The molecule has 0 aliphatic rings. The first kappa shape index (κ1) is 22.3. The number of benzene rings is 1. The number of nitro benzene ring substituents is 1. The highest BCUT2D eigenvalue weighted by atomic mass is 28.4. The van der Waals surface area contributed by atoms with Crippen molar-refractivity contribution < 1.29 is 32.4 Å². The standard InChI is InChI=1S/C16H27NO8Si/c1-20-14-9-8-13(15(17(18)19)16(14)21-2)12-25-10-6-7-11-26(22-3,23-4)24-5/h8-9H,6-7,10-12H2,1-5H3. The lowest BCUT2D eigenvalue weighted by atomic mass is 10.1. The second kappa shape index (κ2) is 11.1. The van der Waals surface area contributed by atoms with Gasteiger partial charge in [-0.15, -0.1) is 0 Å². The minimum atomic E-state index is -2.56.